The van der Waals surface area contributed by atoms with Crippen molar-refractivity contribution >= 4 is 18.4 Å². The van der Waals surface area contributed by atoms with Crippen molar-refractivity contribution in [1.82, 2.24) is 4.98 Å². The predicted octanol–water partition coefficient (Wildman–Crippen LogP) is 1.39. The molecule has 1 aromatic rings. The van der Waals surface area contributed by atoms with Gasteiger partial charge in [-0.25, -0.2) is 4.79 Å². The minimum absolute atomic E-state index is 0. The molecule has 0 unspecified atom stereocenters. The largest absolute Gasteiger partial charge is 0.478 e. The number of halogens is 1. The Morgan fingerprint density at radius 2 is 2.36 bits per heavy atom. The summed E-state index contributed by atoms with van der Waals surface area (Å²) in [4.78, 5) is 14.7. The number of hydrogen-bond donors (Lipinski definition) is 1. The third-order valence-corrected chi connectivity index (χ3v) is 1.66. The zero-order valence-corrected chi connectivity index (χ0v) is 8.58. The van der Waals surface area contributed by atoms with Gasteiger partial charge in [-0.2, -0.15) is 0 Å². The maximum atomic E-state index is 10.7. The van der Waals surface area contributed by atoms with Crippen LogP contribution in [0.15, 0.2) is 18.3 Å². The number of nitrogens with zero attached hydrogens (tertiary/aromatic N) is 1. The predicted molar refractivity (Wildman–Crippen MR) is 54.0 cm³/mol. The molecule has 78 valence electrons. The summed E-state index contributed by atoms with van der Waals surface area (Å²) < 4.78 is 4.85. The van der Waals surface area contributed by atoms with E-state index < -0.39 is 5.97 Å². The smallest absolute Gasteiger partial charge is 0.337 e. The van der Waals surface area contributed by atoms with Crippen molar-refractivity contribution in [3.63, 3.8) is 0 Å². The third kappa shape index (κ3) is 3.32. The number of aromatic carboxylic acids is 1. The lowest BCUT2D eigenvalue weighted by molar-refractivity contribution is 0.0694. The summed E-state index contributed by atoms with van der Waals surface area (Å²) in [5.74, 6) is -0.945. The van der Waals surface area contributed by atoms with Gasteiger partial charge in [-0.15, -0.1) is 12.4 Å². The maximum absolute atomic E-state index is 10.7. The second-order valence-electron chi connectivity index (χ2n) is 2.55. The zero-order valence-electron chi connectivity index (χ0n) is 7.77. The summed E-state index contributed by atoms with van der Waals surface area (Å²) in [5, 5.41) is 8.78. The molecule has 0 atom stereocenters. The summed E-state index contributed by atoms with van der Waals surface area (Å²) >= 11 is 0. The minimum Gasteiger partial charge on any atom is -0.478 e. The first kappa shape index (κ1) is 12.9. The van der Waals surface area contributed by atoms with Gasteiger partial charge in [0, 0.05) is 19.7 Å². The molecule has 0 aromatic carbocycles. The molecule has 0 radical (unpaired) electrons. The number of pyridine rings is 1. The van der Waals surface area contributed by atoms with Crippen LogP contribution >= 0.6 is 12.4 Å². The van der Waals surface area contributed by atoms with Crippen molar-refractivity contribution < 1.29 is 14.6 Å². The lowest BCUT2D eigenvalue weighted by Crippen LogP contribution is -2.06. The zero-order chi connectivity index (χ0) is 9.68. The van der Waals surface area contributed by atoms with Crippen molar-refractivity contribution in [2.24, 2.45) is 0 Å². The van der Waals surface area contributed by atoms with Gasteiger partial charge >= 0.3 is 5.97 Å². The fraction of sp³-hybridized carbons (Fsp3) is 0.333. The molecular weight excluding hydrogens is 206 g/mol. The molecule has 1 rings (SSSR count). The molecule has 14 heavy (non-hydrogen) atoms. The normalized spacial score (nSPS) is 9.21. The van der Waals surface area contributed by atoms with E-state index in [2.05, 4.69) is 4.98 Å². The standard InChI is InChI=1S/C9H11NO3.ClH/c1-13-6-4-8-7(9(11)12)3-2-5-10-8;/h2-3,5H,4,6H2,1H3,(H,11,12);1H. The third-order valence-electron chi connectivity index (χ3n) is 1.66. The SMILES string of the molecule is COCCc1ncccc1C(=O)O.Cl. The number of carboxylic acids is 1. The number of carbonyl (C=O) groups is 1. The molecule has 5 heteroatoms. The number of rotatable bonds is 4. The molecule has 0 bridgehead atoms. The van der Waals surface area contributed by atoms with Gasteiger partial charge in [-0.3, -0.25) is 4.98 Å². The number of hydrogen-bond acceptors (Lipinski definition) is 3. The van der Waals surface area contributed by atoms with E-state index in [0.29, 0.717) is 18.7 Å². The van der Waals surface area contributed by atoms with Crippen LogP contribution in [-0.4, -0.2) is 29.8 Å². The van der Waals surface area contributed by atoms with Gasteiger partial charge in [0.1, 0.15) is 0 Å². The first-order valence-electron chi connectivity index (χ1n) is 3.92. The average Bonchev–Trinajstić information content (AvgIpc) is 2.15. The molecule has 1 N–H and O–H groups in total. The van der Waals surface area contributed by atoms with Crippen LogP contribution < -0.4 is 0 Å². The lowest BCUT2D eigenvalue weighted by Gasteiger charge is -2.02. The lowest BCUT2D eigenvalue weighted by atomic mass is 10.1. The molecule has 0 fully saturated rings. The topological polar surface area (TPSA) is 59.4 Å². The number of carboxylic acid groups (broad SMARTS) is 1. The van der Waals surface area contributed by atoms with E-state index in [1.807, 2.05) is 0 Å². The highest BCUT2D eigenvalue weighted by molar-refractivity contribution is 5.88. The number of methoxy groups -OCH3 is 1. The summed E-state index contributed by atoms with van der Waals surface area (Å²) in [6, 6.07) is 3.15. The van der Waals surface area contributed by atoms with Gasteiger partial charge in [-0.05, 0) is 12.1 Å². The van der Waals surface area contributed by atoms with Gasteiger partial charge in [-0.1, -0.05) is 0 Å². The van der Waals surface area contributed by atoms with Gasteiger partial charge in [0.25, 0.3) is 0 Å². The van der Waals surface area contributed by atoms with Crippen molar-refractivity contribution in [3.05, 3.63) is 29.6 Å². The summed E-state index contributed by atoms with van der Waals surface area (Å²) in [7, 11) is 1.57. The van der Waals surface area contributed by atoms with Crippen LogP contribution in [-0.2, 0) is 11.2 Å². The van der Waals surface area contributed by atoms with E-state index in [9.17, 15) is 4.79 Å². The van der Waals surface area contributed by atoms with E-state index in [-0.39, 0.29) is 18.0 Å². The highest BCUT2D eigenvalue weighted by Gasteiger charge is 2.09. The van der Waals surface area contributed by atoms with E-state index in [1.165, 1.54) is 0 Å². The average molecular weight is 218 g/mol. The Bertz CT molecular complexity index is 304. The van der Waals surface area contributed by atoms with Crippen LogP contribution in [0.4, 0.5) is 0 Å². The molecule has 1 heterocycles. The molecule has 0 saturated heterocycles. The highest BCUT2D eigenvalue weighted by atomic mass is 35.5. The van der Waals surface area contributed by atoms with Crippen molar-refractivity contribution in [3.8, 4) is 0 Å². The fourth-order valence-electron chi connectivity index (χ4n) is 1.03. The second-order valence-corrected chi connectivity index (χ2v) is 2.55. The van der Waals surface area contributed by atoms with Crippen molar-refractivity contribution in [2.75, 3.05) is 13.7 Å². The molecule has 4 nitrogen and oxygen atoms in total. The Hall–Kier alpha value is -1.13. The van der Waals surface area contributed by atoms with Gasteiger partial charge in [0.15, 0.2) is 0 Å². The van der Waals surface area contributed by atoms with Crippen LogP contribution in [0, 0.1) is 0 Å². The molecule has 0 aliphatic rings. The Kier molecular flexibility index (Phi) is 5.83. The van der Waals surface area contributed by atoms with Gasteiger partial charge in [0.05, 0.1) is 17.9 Å². The first-order valence-corrected chi connectivity index (χ1v) is 3.92. The molecule has 0 saturated carbocycles. The first-order chi connectivity index (χ1) is 6.25. The van der Waals surface area contributed by atoms with Crippen molar-refractivity contribution in [2.45, 2.75) is 6.42 Å². The second kappa shape index (κ2) is 6.34. The molecule has 0 aliphatic heterocycles. The van der Waals surface area contributed by atoms with Gasteiger partial charge in [0.2, 0.25) is 0 Å². The number of aromatic nitrogens is 1. The van der Waals surface area contributed by atoms with E-state index in [0.717, 1.165) is 0 Å². The maximum Gasteiger partial charge on any atom is 0.337 e. The summed E-state index contributed by atoms with van der Waals surface area (Å²) in [6.07, 6.45) is 2.11. The fourth-order valence-corrected chi connectivity index (χ4v) is 1.03. The Morgan fingerprint density at radius 3 is 2.93 bits per heavy atom. The monoisotopic (exact) mass is 217 g/mol. The van der Waals surface area contributed by atoms with Gasteiger partial charge < -0.3 is 9.84 Å². The van der Waals surface area contributed by atoms with E-state index in [1.54, 1.807) is 25.4 Å². The van der Waals surface area contributed by atoms with E-state index in [4.69, 9.17) is 9.84 Å². The summed E-state index contributed by atoms with van der Waals surface area (Å²) in [6.45, 7) is 0.483. The summed E-state index contributed by atoms with van der Waals surface area (Å²) in [5.41, 5.74) is 0.816. The minimum atomic E-state index is -0.945. The molecular formula is C9H12ClNO3. The van der Waals surface area contributed by atoms with Crippen molar-refractivity contribution in [1.29, 1.82) is 0 Å². The highest BCUT2D eigenvalue weighted by Crippen LogP contribution is 2.05. The Balaban J connectivity index is 0.00000169. The van der Waals surface area contributed by atoms with Crippen LogP contribution in [0.25, 0.3) is 0 Å². The molecule has 0 aliphatic carbocycles. The quantitative estimate of drug-likeness (QED) is 0.828. The van der Waals surface area contributed by atoms with Crippen LogP contribution in [0.3, 0.4) is 0 Å². The Labute approximate surface area is 88.3 Å². The Morgan fingerprint density at radius 1 is 1.64 bits per heavy atom. The van der Waals surface area contributed by atoms with Crippen LogP contribution in [0.5, 0.6) is 0 Å². The molecule has 0 amide bonds. The van der Waals surface area contributed by atoms with E-state index >= 15 is 0 Å². The molecule has 1 aromatic heterocycles. The van der Waals surface area contributed by atoms with Crippen LogP contribution in [0.1, 0.15) is 16.1 Å². The molecule has 0 spiro atoms. The number of ether oxygens (including phenoxy) is 1. The van der Waals surface area contributed by atoms with Crippen LogP contribution in [0.2, 0.25) is 0 Å².